The Hall–Kier alpha value is -1.16. The number of nitrogens with two attached hydrogens (primary N) is 1. The highest BCUT2D eigenvalue weighted by Crippen LogP contribution is 2.35. The fraction of sp³-hybridized carbons (Fsp3) is 0.333. The lowest BCUT2D eigenvalue weighted by Gasteiger charge is -2.24. The number of hydrogen-bond acceptors (Lipinski definition) is 3. The normalized spacial score (nSPS) is 14.4. The maximum absolute atomic E-state index is 10.6. The third kappa shape index (κ3) is 2.48. The van der Waals surface area contributed by atoms with Crippen LogP contribution in [-0.4, -0.2) is 11.7 Å². The summed E-state index contributed by atoms with van der Waals surface area (Å²) in [5, 5.41) is 12.7. The first-order chi connectivity index (χ1) is 8.65. The van der Waals surface area contributed by atoms with Gasteiger partial charge >= 0.3 is 0 Å². The van der Waals surface area contributed by atoms with Crippen LogP contribution in [0.25, 0.3) is 0 Å². The van der Waals surface area contributed by atoms with Gasteiger partial charge in [0.2, 0.25) is 0 Å². The summed E-state index contributed by atoms with van der Waals surface area (Å²) in [6.45, 7) is 4.52. The molecule has 2 unspecified atom stereocenters. The summed E-state index contributed by atoms with van der Waals surface area (Å²) in [6, 6.07) is 10.1. The van der Waals surface area contributed by atoms with Crippen molar-refractivity contribution in [3.63, 3.8) is 0 Å². The summed E-state index contributed by atoms with van der Waals surface area (Å²) in [6.07, 6.45) is -0.533. The molecule has 1 aromatic carbocycles. The highest BCUT2D eigenvalue weighted by molar-refractivity contribution is 7.10. The molecule has 0 saturated heterocycles. The Morgan fingerprint density at radius 1 is 1.17 bits per heavy atom. The van der Waals surface area contributed by atoms with E-state index in [9.17, 15) is 5.11 Å². The lowest BCUT2D eigenvalue weighted by Crippen LogP contribution is -2.20. The second-order valence-corrected chi connectivity index (χ2v) is 5.59. The predicted molar refractivity (Wildman–Crippen MR) is 77.0 cm³/mol. The van der Waals surface area contributed by atoms with Gasteiger partial charge in [0.05, 0.1) is 6.10 Å². The third-order valence-electron chi connectivity index (χ3n) is 3.38. The minimum Gasteiger partial charge on any atom is -0.388 e. The molecular weight excluding hydrogens is 242 g/mol. The molecule has 0 aliphatic rings. The molecule has 2 aromatic rings. The van der Waals surface area contributed by atoms with E-state index in [1.165, 1.54) is 0 Å². The van der Waals surface area contributed by atoms with Crippen molar-refractivity contribution in [3.05, 3.63) is 57.3 Å². The second kappa shape index (κ2) is 5.65. The molecule has 0 aliphatic heterocycles. The van der Waals surface area contributed by atoms with Gasteiger partial charge in [-0.15, -0.1) is 11.3 Å². The van der Waals surface area contributed by atoms with Crippen LogP contribution >= 0.6 is 11.3 Å². The van der Waals surface area contributed by atoms with Gasteiger partial charge in [-0.25, -0.2) is 0 Å². The largest absolute Gasteiger partial charge is 0.388 e. The van der Waals surface area contributed by atoms with Gasteiger partial charge in [-0.2, -0.15) is 0 Å². The summed E-state index contributed by atoms with van der Waals surface area (Å²) >= 11 is 1.65. The minimum absolute atomic E-state index is 0.0233. The molecule has 3 N–H and O–H groups in total. The first-order valence-electron chi connectivity index (χ1n) is 6.12. The number of thiophene rings is 1. The standard InChI is InChI=1S/C15H19NOS/c1-10-5-3-6-11(2)14(10)15(17)12(9-16)13-7-4-8-18-13/h3-8,12,15,17H,9,16H2,1-2H3. The minimum atomic E-state index is -0.533. The zero-order valence-electron chi connectivity index (χ0n) is 10.8. The Labute approximate surface area is 112 Å². The molecule has 0 bridgehead atoms. The SMILES string of the molecule is Cc1cccc(C)c1C(O)C(CN)c1cccs1. The number of aliphatic hydroxyl groups excluding tert-OH is 1. The van der Waals surface area contributed by atoms with Crippen LogP contribution in [0.15, 0.2) is 35.7 Å². The van der Waals surface area contributed by atoms with E-state index >= 15 is 0 Å². The molecule has 0 fully saturated rings. The van der Waals surface area contributed by atoms with Crippen LogP contribution in [-0.2, 0) is 0 Å². The van der Waals surface area contributed by atoms with Gasteiger partial charge in [0.1, 0.15) is 0 Å². The second-order valence-electron chi connectivity index (χ2n) is 4.61. The average Bonchev–Trinajstić information content (AvgIpc) is 2.83. The highest BCUT2D eigenvalue weighted by Gasteiger charge is 2.24. The van der Waals surface area contributed by atoms with E-state index in [1.807, 2.05) is 49.6 Å². The maximum atomic E-state index is 10.6. The lowest BCUT2D eigenvalue weighted by atomic mass is 9.89. The third-order valence-corrected chi connectivity index (χ3v) is 4.39. The van der Waals surface area contributed by atoms with E-state index < -0.39 is 6.10 Å². The van der Waals surface area contributed by atoms with Gasteiger partial charge in [-0.05, 0) is 42.0 Å². The van der Waals surface area contributed by atoms with E-state index in [1.54, 1.807) is 11.3 Å². The summed E-state index contributed by atoms with van der Waals surface area (Å²) in [4.78, 5) is 1.15. The lowest BCUT2D eigenvalue weighted by molar-refractivity contribution is 0.147. The fourth-order valence-corrected chi connectivity index (χ4v) is 3.27. The van der Waals surface area contributed by atoms with Crippen LogP contribution in [0.4, 0.5) is 0 Å². The van der Waals surface area contributed by atoms with E-state index in [0.717, 1.165) is 21.6 Å². The molecule has 0 radical (unpaired) electrons. The molecule has 2 rings (SSSR count). The molecule has 0 spiro atoms. The zero-order valence-corrected chi connectivity index (χ0v) is 11.6. The molecule has 0 saturated carbocycles. The molecular formula is C15H19NOS. The highest BCUT2D eigenvalue weighted by atomic mass is 32.1. The smallest absolute Gasteiger partial charge is 0.0883 e. The molecule has 3 heteroatoms. The quantitative estimate of drug-likeness (QED) is 0.888. The van der Waals surface area contributed by atoms with Crippen LogP contribution in [0.1, 0.15) is 33.6 Å². The zero-order chi connectivity index (χ0) is 13.1. The van der Waals surface area contributed by atoms with Crippen molar-refractivity contribution >= 4 is 11.3 Å². The number of aliphatic hydroxyl groups is 1. The van der Waals surface area contributed by atoms with Crippen LogP contribution in [0.2, 0.25) is 0 Å². The molecule has 0 amide bonds. The van der Waals surface area contributed by atoms with Gasteiger partial charge in [-0.3, -0.25) is 0 Å². The molecule has 1 heterocycles. The first-order valence-corrected chi connectivity index (χ1v) is 7.00. The maximum Gasteiger partial charge on any atom is 0.0883 e. The van der Waals surface area contributed by atoms with Gasteiger partial charge in [0, 0.05) is 17.3 Å². The van der Waals surface area contributed by atoms with E-state index in [-0.39, 0.29) is 5.92 Å². The van der Waals surface area contributed by atoms with Crippen molar-refractivity contribution in [2.75, 3.05) is 6.54 Å². The van der Waals surface area contributed by atoms with E-state index in [4.69, 9.17) is 5.73 Å². The van der Waals surface area contributed by atoms with E-state index in [0.29, 0.717) is 6.54 Å². The molecule has 0 aliphatic carbocycles. The average molecular weight is 261 g/mol. The Balaban J connectivity index is 2.38. The van der Waals surface area contributed by atoms with Crippen LogP contribution in [0, 0.1) is 13.8 Å². The summed E-state index contributed by atoms with van der Waals surface area (Å²) < 4.78 is 0. The van der Waals surface area contributed by atoms with Gasteiger partial charge < -0.3 is 10.8 Å². The van der Waals surface area contributed by atoms with Crippen molar-refractivity contribution in [1.82, 2.24) is 0 Å². The van der Waals surface area contributed by atoms with Crippen molar-refractivity contribution in [3.8, 4) is 0 Å². The Morgan fingerprint density at radius 2 is 1.83 bits per heavy atom. The Bertz CT molecular complexity index is 487. The topological polar surface area (TPSA) is 46.2 Å². The molecule has 2 atom stereocenters. The number of hydrogen-bond donors (Lipinski definition) is 2. The van der Waals surface area contributed by atoms with Gasteiger partial charge in [-0.1, -0.05) is 24.3 Å². The van der Waals surface area contributed by atoms with Gasteiger partial charge in [0.15, 0.2) is 0 Å². The number of benzene rings is 1. The monoisotopic (exact) mass is 261 g/mol. The molecule has 1 aromatic heterocycles. The number of aryl methyl sites for hydroxylation is 2. The van der Waals surface area contributed by atoms with Crippen LogP contribution < -0.4 is 5.73 Å². The fourth-order valence-electron chi connectivity index (χ4n) is 2.40. The van der Waals surface area contributed by atoms with Gasteiger partial charge in [0.25, 0.3) is 0 Å². The molecule has 2 nitrogen and oxygen atoms in total. The van der Waals surface area contributed by atoms with Crippen LogP contribution in [0.5, 0.6) is 0 Å². The Morgan fingerprint density at radius 3 is 2.33 bits per heavy atom. The summed E-state index contributed by atoms with van der Waals surface area (Å²) in [5.41, 5.74) is 9.11. The van der Waals surface area contributed by atoms with Crippen LogP contribution in [0.3, 0.4) is 0 Å². The summed E-state index contributed by atoms with van der Waals surface area (Å²) in [7, 11) is 0. The summed E-state index contributed by atoms with van der Waals surface area (Å²) in [5.74, 6) is -0.0233. The van der Waals surface area contributed by atoms with Crippen molar-refractivity contribution in [2.24, 2.45) is 5.73 Å². The Kier molecular flexibility index (Phi) is 4.17. The molecule has 18 heavy (non-hydrogen) atoms. The van der Waals surface area contributed by atoms with Crippen molar-refractivity contribution in [2.45, 2.75) is 25.9 Å². The van der Waals surface area contributed by atoms with Crippen molar-refractivity contribution < 1.29 is 5.11 Å². The molecule has 96 valence electrons. The first kappa shape index (κ1) is 13.3. The van der Waals surface area contributed by atoms with E-state index in [2.05, 4.69) is 0 Å². The number of rotatable bonds is 4. The predicted octanol–water partition coefficient (Wildman–Crippen LogP) is 3.14. The van der Waals surface area contributed by atoms with Crippen molar-refractivity contribution in [1.29, 1.82) is 0 Å².